The van der Waals surface area contributed by atoms with Crippen LogP contribution in [0.1, 0.15) is 23.9 Å². The molecule has 10 nitrogen and oxygen atoms in total. The molecule has 4 aromatic rings. The molecule has 6 rings (SSSR count). The van der Waals surface area contributed by atoms with Crippen molar-refractivity contribution in [2.45, 2.75) is 31.5 Å². The lowest BCUT2D eigenvalue weighted by molar-refractivity contribution is -0.122. The van der Waals surface area contributed by atoms with E-state index in [-0.39, 0.29) is 30.6 Å². The number of hydrogen-bond donors (Lipinski definition) is 2. The molecule has 35 heavy (non-hydrogen) atoms. The first-order chi connectivity index (χ1) is 18.1. The molecule has 0 unspecified atom stereocenters. The number of hydrogen-bond acceptors (Lipinski definition) is 8. The zero-order valence-electron chi connectivity index (χ0n) is 22.0. The second-order valence-electron chi connectivity index (χ2n) is 8.93. The first-order valence-corrected chi connectivity index (χ1v) is 11.4. The Hall–Kier alpha value is -3.86. The van der Waals surface area contributed by atoms with Gasteiger partial charge in [-0.2, -0.15) is 0 Å². The summed E-state index contributed by atoms with van der Waals surface area (Å²) >= 11 is 0. The van der Waals surface area contributed by atoms with Gasteiger partial charge in [-0.15, -0.1) is 5.10 Å². The number of halogens is 1. The fraction of sp³-hybridized carbons (Fsp3) is 0.375. The number of amides is 1. The second-order valence-corrected chi connectivity index (χ2v) is 8.93. The molecular weight excluding hydrogens is 451 g/mol. The van der Waals surface area contributed by atoms with Crippen LogP contribution in [0.4, 0.5) is 21.7 Å². The number of morpholine rings is 1. The summed E-state index contributed by atoms with van der Waals surface area (Å²) in [6, 6.07) is 5.40. The summed E-state index contributed by atoms with van der Waals surface area (Å²) in [4.78, 5) is 27.7. The second kappa shape index (κ2) is 8.12. The van der Waals surface area contributed by atoms with Crippen LogP contribution in [0, 0.1) is 0 Å². The Balaban J connectivity index is 1.41. The summed E-state index contributed by atoms with van der Waals surface area (Å²) < 4.78 is 44.3. The van der Waals surface area contributed by atoms with E-state index < -0.39 is 18.6 Å². The normalized spacial score (nSPS) is 20.8. The van der Waals surface area contributed by atoms with Crippen LogP contribution < -0.4 is 15.5 Å². The molecule has 4 aromatic heterocycles. The van der Waals surface area contributed by atoms with E-state index in [1.807, 2.05) is 25.3 Å². The van der Waals surface area contributed by atoms with Crippen molar-refractivity contribution in [2.75, 3.05) is 42.2 Å². The Morgan fingerprint density at radius 1 is 1.29 bits per heavy atom. The maximum absolute atomic E-state index is 14.2. The van der Waals surface area contributed by atoms with E-state index >= 15 is 0 Å². The first kappa shape index (κ1) is 18.5. The molecule has 2 aliphatic rings. The average molecular weight is 480 g/mol. The standard InChI is InChI=1S/C24H25FN8O2/c1-14-12-32(7-8-35-14)15-3-4-20-30-22(31-33(20)13-15)18-11-28-21(26-2)17-10-27-19(9-16(17)18)29-23(34)24(25)5-6-24/h3-4,9-11,13-14H,5-8,12H2,1-2H3,(H,26,28)(H,27,29,34)/t14-/m0/s1/i2D3. The lowest BCUT2D eigenvalue weighted by Gasteiger charge is -2.32. The molecule has 0 aromatic carbocycles. The molecule has 1 saturated carbocycles. The van der Waals surface area contributed by atoms with Crippen molar-refractivity contribution in [3.63, 3.8) is 0 Å². The lowest BCUT2D eigenvalue weighted by atomic mass is 10.1. The van der Waals surface area contributed by atoms with Crippen molar-refractivity contribution in [3.05, 3.63) is 36.8 Å². The van der Waals surface area contributed by atoms with Crippen LogP contribution in [-0.2, 0) is 9.53 Å². The Kier molecular flexibility index (Phi) is 4.28. The molecular formula is C24H25FN8O2. The van der Waals surface area contributed by atoms with Crippen LogP contribution in [0.15, 0.2) is 36.8 Å². The number of fused-ring (bicyclic) bond motifs is 2. The summed E-state index contributed by atoms with van der Waals surface area (Å²) in [5.41, 5.74) is 0.225. The molecule has 1 aliphatic heterocycles. The quantitative estimate of drug-likeness (QED) is 0.450. The topological polar surface area (TPSA) is 110 Å². The van der Waals surface area contributed by atoms with Crippen molar-refractivity contribution in [1.82, 2.24) is 24.6 Å². The molecule has 0 bridgehead atoms. The van der Waals surface area contributed by atoms with Gasteiger partial charge in [0.25, 0.3) is 5.91 Å². The molecule has 0 spiro atoms. The molecule has 2 fully saturated rings. The Labute approximate surface area is 204 Å². The summed E-state index contributed by atoms with van der Waals surface area (Å²) in [7, 11) is 0. The third kappa shape index (κ3) is 3.91. The zero-order chi connectivity index (χ0) is 26.7. The summed E-state index contributed by atoms with van der Waals surface area (Å²) in [6.07, 6.45) is 5.23. The number of pyridine rings is 3. The minimum Gasteiger partial charge on any atom is -0.375 e. The predicted molar refractivity (Wildman–Crippen MR) is 130 cm³/mol. The fourth-order valence-electron chi connectivity index (χ4n) is 4.27. The smallest absolute Gasteiger partial charge is 0.263 e. The van der Waals surface area contributed by atoms with Crippen molar-refractivity contribution < 1.29 is 18.0 Å². The van der Waals surface area contributed by atoms with Crippen molar-refractivity contribution in [3.8, 4) is 11.4 Å². The highest BCUT2D eigenvalue weighted by molar-refractivity contribution is 6.04. The van der Waals surface area contributed by atoms with Crippen molar-refractivity contribution in [1.29, 1.82) is 0 Å². The number of nitrogens with zero attached hydrogens (tertiary/aromatic N) is 6. The molecule has 0 radical (unpaired) electrons. The van der Waals surface area contributed by atoms with Crippen LogP contribution >= 0.6 is 0 Å². The number of aromatic nitrogens is 5. The summed E-state index contributed by atoms with van der Waals surface area (Å²) in [6.45, 7) is 1.72. The highest BCUT2D eigenvalue weighted by Crippen LogP contribution is 2.41. The largest absolute Gasteiger partial charge is 0.375 e. The van der Waals surface area contributed by atoms with Crippen LogP contribution in [-0.4, -0.2) is 68.9 Å². The monoisotopic (exact) mass is 479 g/mol. The Bertz CT molecular complexity index is 1560. The van der Waals surface area contributed by atoms with Crippen molar-refractivity contribution in [2.24, 2.45) is 0 Å². The molecule has 11 heteroatoms. The Morgan fingerprint density at radius 2 is 2.17 bits per heavy atom. The predicted octanol–water partition coefficient (Wildman–Crippen LogP) is 3.05. The van der Waals surface area contributed by atoms with Gasteiger partial charge < -0.3 is 20.3 Å². The van der Waals surface area contributed by atoms with E-state index in [4.69, 9.17) is 8.85 Å². The van der Waals surface area contributed by atoms with Gasteiger partial charge in [0.1, 0.15) is 11.6 Å². The fourth-order valence-corrected chi connectivity index (χ4v) is 4.27. The van der Waals surface area contributed by atoms with E-state index in [9.17, 15) is 9.18 Å². The van der Waals surface area contributed by atoms with E-state index in [0.29, 0.717) is 34.4 Å². The zero-order valence-corrected chi connectivity index (χ0v) is 19.0. The molecule has 1 atom stereocenters. The van der Waals surface area contributed by atoms with Gasteiger partial charge >= 0.3 is 0 Å². The minimum absolute atomic E-state index is 0.0887. The molecule has 180 valence electrons. The van der Waals surface area contributed by atoms with E-state index in [1.165, 1.54) is 12.4 Å². The number of nitrogens with one attached hydrogen (secondary N) is 2. The minimum atomic E-state index is -2.49. The van der Waals surface area contributed by atoms with Gasteiger partial charge in [0.2, 0.25) is 0 Å². The molecule has 5 heterocycles. The van der Waals surface area contributed by atoms with Crippen LogP contribution in [0.3, 0.4) is 0 Å². The summed E-state index contributed by atoms with van der Waals surface area (Å²) in [5, 5.41) is 10.5. The van der Waals surface area contributed by atoms with Gasteiger partial charge in [0, 0.05) is 52.9 Å². The third-order valence-electron chi connectivity index (χ3n) is 6.39. The van der Waals surface area contributed by atoms with E-state index in [2.05, 4.69) is 35.6 Å². The number of alkyl halides is 1. The summed E-state index contributed by atoms with van der Waals surface area (Å²) in [5.74, 6) is -0.184. The molecule has 2 N–H and O–H groups in total. The molecule has 1 saturated heterocycles. The van der Waals surface area contributed by atoms with Gasteiger partial charge in [-0.05, 0) is 38.0 Å². The highest BCUT2D eigenvalue weighted by Gasteiger charge is 2.51. The number of anilines is 3. The van der Waals surface area contributed by atoms with Gasteiger partial charge in [-0.1, -0.05) is 0 Å². The highest BCUT2D eigenvalue weighted by atomic mass is 19.1. The first-order valence-electron chi connectivity index (χ1n) is 12.9. The molecule has 1 amide bonds. The maximum atomic E-state index is 14.2. The molecule has 1 aliphatic carbocycles. The number of ether oxygens (including phenoxy) is 1. The Morgan fingerprint density at radius 3 is 2.97 bits per heavy atom. The van der Waals surface area contributed by atoms with Gasteiger partial charge in [-0.25, -0.2) is 23.9 Å². The van der Waals surface area contributed by atoms with Crippen LogP contribution in [0.25, 0.3) is 27.8 Å². The number of rotatable bonds is 5. The van der Waals surface area contributed by atoms with E-state index in [1.54, 1.807) is 10.6 Å². The lowest BCUT2D eigenvalue weighted by Crippen LogP contribution is -2.41. The van der Waals surface area contributed by atoms with Gasteiger partial charge in [0.05, 0.1) is 24.6 Å². The number of carbonyl (C=O) groups excluding carboxylic acids is 1. The van der Waals surface area contributed by atoms with E-state index in [0.717, 1.165) is 18.8 Å². The maximum Gasteiger partial charge on any atom is 0.263 e. The van der Waals surface area contributed by atoms with Crippen LogP contribution in [0.2, 0.25) is 0 Å². The van der Waals surface area contributed by atoms with Gasteiger partial charge in [0.15, 0.2) is 17.1 Å². The number of carbonyl (C=O) groups is 1. The van der Waals surface area contributed by atoms with Gasteiger partial charge in [-0.3, -0.25) is 4.79 Å². The SMILES string of the molecule is [2H]C([2H])([2H])Nc1ncc(-c2nc3ccc(N4CCO[C@@H](C)C4)cn3n2)c2cc(NC(=O)C3(F)CC3)ncc12. The van der Waals surface area contributed by atoms with Crippen LogP contribution in [0.5, 0.6) is 0 Å². The average Bonchev–Trinajstić information content (AvgIpc) is 3.48. The van der Waals surface area contributed by atoms with Crippen molar-refractivity contribution >= 4 is 39.6 Å². The third-order valence-corrected chi connectivity index (χ3v) is 6.39.